The molecule has 0 amide bonds. The molecule has 3 rings (SSSR count). The smallest absolute Gasteiger partial charge is 0.256 e. The van der Waals surface area contributed by atoms with Crippen molar-refractivity contribution in [1.29, 1.82) is 0 Å². The summed E-state index contributed by atoms with van der Waals surface area (Å²) in [6.07, 6.45) is 1.73. The summed E-state index contributed by atoms with van der Waals surface area (Å²) in [6, 6.07) is 10.9. The Hall–Kier alpha value is -2.59. The Morgan fingerprint density at radius 3 is 2.50 bits per heavy atom. The lowest BCUT2D eigenvalue weighted by Crippen LogP contribution is -2.07. The number of aliphatic hydroxyl groups is 1. The maximum Gasteiger partial charge on any atom is 0.256 e. The Labute approximate surface area is 141 Å². The highest BCUT2D eigenvalue weighted by atomic mass is 16.3. The molecule has 3 N–H and O–H groups in total. The van der Waals surface area contributed by atoms with E-state index in [4.69, 9.17) is 5.11 Å². The third kappa shape index (κ3) is 3.66. The van der Waals surface area contributed by atoms with Crippen LogP contribution < -0.4 is 5.56 Å². The van der Waals surface area contributed by atoms with Gasteiger partial charge in [0.1, 0.15) is 5.75 Å². The van der Waals surface area contributed by atoms with Crippen molar-refractivity contribution >= 4 is 21.7 Å². The Bertz CT molecular complexity index is 898. The second kappa shape index (κ2) is 7.79. The first-order chi connectivity index (χ1) is 11.6. The highest BCUT2D eigenvalue weighted by Gasteiger charge is 2.08. The summed E-state index contributed by atoms with van der Waals surface area (Å²) in [5.74, 6) is 0.394. The number of aryl methyl sites for hydroxylation is 1. The summed E-state index contributed by atoms with van der Waals surface area (Å²) < 4.78 is 0. The number of hydrogen-bond acceptors (Lipinski definition) is 3. The normalized spacial score (nSPS) is 11.9. The molecule has 0 aliphatic heterocycles. The van der Waals surface area contributed by atoms with E-state index in [-0.39, 0.29) is 23.8 Å². The zero-order chi connectivity index (χ0) is 17.7. The van der Waals surface area contributed by atoms with Crippen molar-refractivity contribution in [2.45, 2.75) is 19.8 Å². The van der Waals surface area contributed by atoms with Gasteiger partial charge in [0.25, 0.3) is 5.56 Å². The summed E-state index contributed by atoms with van der Waals surface area (Å²) in [7, 11) is 0. The molecular weight excluding hydrogens is 302 g/mol. The van der Waals surface area contributed by atoms with E-state index < -0.39 is 0 Å². The molecule has 0 bridgehead atoms. The van der Waals surface area contributed by atoms with Crippen LogP contribution in [0.1, 0.15) is 18.9 Å². The second-order valence-electron chi connectivity index (χ2n) is 5.89. The number of fused-ring (bicyclic) bond motifs is 3. The number of pyridine rings is 1. The van der Waals surface area contributed by atoms with Gasteiger partial charge in [0.05, 0.1) is 5.52 Å². The lowest BCUT2D eigenvalue weighted by Gasteiger charge is -2.09. The van der Waals surface area contributed by atoms with E-state index in [1.165, 1.54) is 0 Å². The first-order valence-electron chi connectivity index (χ1n) is 7.97. The van der Waals surface area contributed by atoms with E-state index in [9.17, 15) is 9.90 Å². The standard InChI is InChI=1S/C18H19NO3.C2H4/c1-11(10-20)2-3-12-4-6-14-15-7-5-13(21)9-17(15)19-18(22)16(14)8-12;1-2/h4-9,11,20-21H,2-3,10H2,1H3,(H,19,22);1-2H2. The van der Waals surface area contributed by atoms with E-state index in [1.54, 1.807) is 12.1 Å². The molecule has 1 unspecified atom stereocenters. The zero-order valence-electron chi connectivity index (χ0n) is 13.9. The third-order valence-corrected chi connectivity index (χ3v) is 4.11. The zero-order valence-corrected chi connectivity index (χ0v) is 13.9. The minimum absolute atomic E-state index is 0.136. The summed E-state index contributed by atoms with van der Waals surface area (Å²) in [5.41, 5.74) is 1.58. The highest BCUT2D eigenvalue weighted by Crippen LogP contribution is 2.25. The number of aromatic amines is 1. The van der Waals surface area contributed by atoms with Gasteiger partial charge >= 0.3 is 0 Å². The van der Waals surface area contributed by atoms with Gasteiger partial charge < -0.3 is 15.2 Å². The lowest BCUT2D eigenvalue weighted by atomic mass is 9.98. The van der Waals surface area contributed by atoms with Crippen LogP contribution in [0.5, 0.6) is 5.75 Å². The van der Waals surface area contributed by atoms with E-state index in [2.05, 4.69) is 18.1 Å². The Morgan fingerprint density at radius 1 is 1.08 bits per heavy atom. The van der Waals surface area contributed by atoms with Gasteiger partial charge in [-0.1, -0.05) is 19.1 Å². The van der Waals surface area contributed by atoms with Crippen LogP contribution in [-0.4, -0.2) is 21.8 Å². The monoisotopic (exact) mass is 325 g/mol. The fourth-order valence-corrected chi connectivity index (χ4v) is 2.73. The molecule has 24 heavy (non-hydrogen) atoms. The average Bonchev–Trinajstić information content (AvgIpc) is 2.61. The molecule has 1 aromatic heterocycles. The van der Waals surface area contributed by atoms with Crippen molar-refractivity contribution in [3.63, 3.8) is 0 Å². The molecule has 4 nitrogen and oxygen atoms in total. The molecule has 0 aliphatic rings. The predicted molar refractivity (Wildman–Crippen MR) is 99.6 cm³/mol. The number of benzene rings is 2. The fraction of sp³-hybridized carbons (Fsp3) is 0.250. The quantitative estimate of drug-likeness (QED) is 0.505. The van der Waals surface area contributed by atoms with Crippen molar-refractivity contribution in [2.75, 3.05) is 6.61 Å². The number of phenols is 1. The number of phenolic OH excluding ortho intramolecular Hbond substituents is 1. The molecule has 0 radical (unpaired) electrons. The van der Waals surface area contributed by atoms with E-state index in [0.717, 1.165) is 29.2 Å². The molecule has 0 saturated carbocycles. The van der Waals surface area contributed by atoms with Crippen LogP contribution in [0.25, 0.3) is 21.7 Å². The molecule has 0 spiro atoms. The Morgan fingerprint density at radius 2 is 1.79 bits per heavy atom. The molecule has 0 fully saturated rings. The van der Waals surface area contributed by atoms with Crippen LogP contribution in [0.15, 0.2) is 54.4 Å². The minimum Gasteiger partial charge on any atom is -0.508 e. The molecule has 3 aromatic rings. The molecule has 0 aliphatic carbocycles. The van der Waals surface area contributed by atoms with Gasteiger partial charge in [0.2, 0.25) is 0 Å². The molecule has 2 aromatic carbocycles. The summed E-state index contributed by atoms with van der Waals surface area (Å²) >= 11 is 0. The van der Waals surface area contributed by atoms with Crippen molar-refractivity contribution in [2.24, 2.45) is 5.92 Å². The van der Waals surface area contributed by atoms with Crippen molar-refractivity contribution in [3.05, 3.63) is 65.5 Å². The molecule has 1 atom stereocenters. The number of nitrogens with one attached hydrogen (secondary N) is 1. The Kier molecular flexibility index (Phi) is 5.77. The molecule has 126 valence electrons. The van der Waals surface area contributed by atoms with Gasteiger partial charge in [-0.05, 0) is 47.9 Å². The van der Waals surface area contributed by atoms with E-state index in [0.29, 0.717) is 10.9 Å². The van der Waals surface area contributed by atoms with E-state index >= 15 is 0 Å². The molecule has 1 heterocycles. The maximum absolute atomic E-state index is 12.3. The van der Waals surface area contributed by atoms with Gasteiger partial charge in [-0.15, -0.1) is 13.2 Å². The number of aromatic nitrogens is 1. The first kappa shape index (κ1) is 17.8. The van der Waals surface area contributed by atoms with Crippen molar-refractivity contribution < 1.29 is 10.2 Å². The number of hydrogen-bond donors (Lipinski definition) is 3. The Balaban J connectivity index is 0.00000100. The lowest BCUT2D eigenvalue weighted by molar-refractivity contribution is 0.230. The molecule has 0 saturated heterocycles. The average molecular weight is 325 g/mol. The predicted octanol–water partition coefficient (Wildman–Crippen LogP) is 3.75. The van der Waals surface area contributed by atoms with Gasteiger partial charge in [-0.3, -0.25) is 4.79 Å². The minimum atomic E-state index is -0.148. The van der Waals surface area contributed by atoms with E-state index in [1.807, 2.05) is 31.2 Å². The number of rotatable bonds is 4. The highest BCUT2D eigenvalue weighted by molar-refractivity contribution is 6.05. The van der Waals surface area contributed by atoms with Gasteiger partial charge in [0, 0.05) is 23.4 Å². The maximum atomic E-state index is 12.3. The van der Waals surface area contributed by atoms with Crippen LogP contribution in [0.3, 0.4) is 0 Å². The van der Waals surface area contributed by atoms with Crippen LogP contribution in [0.2, 0.25) is 0 Å². The van der Waals surface area contributed by atoms with Gasteiger partial charge in [0.15, 0.2) is 0 Å². The van der Waals surface area contributed by atoms with Crippen LogP contribution in [0, 0.1) is 5.92 Å². The molecule has 4 heteroatoms. The van der Waals surface area contributed by atoms with Crippen molar-refractivity contribution in [1.82, 2.24) is 4.98 Å². The largest absolute Gasteiger partial charge is 0.508 e. The topological polar surface area (TPSA) is 73.3 Å². The third-order valence-electron chi connectivity index (χ3n) is 4.11. The SMILES string of the molecule is C=C.CC(CO)CCc1ccc2c(c1)c(=O)[nH]c1cc(O)ccc12. The second-order valence-corrected chi connectivity index (χ2v) is 5.89. The number of H-pyrrole nitrogens is 1. The van der Waals surface area contributed by atoms with Crippen LogP contribution in [0.4, 0.5) is 0 Å². The van der Waals surface area contributed by atoms with Crippen LogP contribution in [-0.2, 0) is 6.42 Å². The van der Waals surface area contributed by atoms with Crippen molar-refractivity contribution in [3.8, 4) is 5.75 Å². The summed E-state index contributed by atoms with van der Waals surface area (Å²) in [5, 5.41) is 21.1. The van der Waals surface area contributed by atoms with Gasteiger partial charge in [-0.25, -0.2) is 0 Å². The summed E-state index contributed by atoms with van der Waals surface area (Å²) in [4.78, 5) is 15.1. The fourth-order valence-electron chi connectivity index (χ4n) is 2.73. The van der Waals surface area contributed by atoms with Gasteiger partial charge in [-0.2, -0.15) is 0 Å². The van der Waals surface area contributed by atoms with Crippen LogP contribution >= 0.6 is 0 Å². The number of aromatic hydroxyl groups is 1. The summed E-state index contributed by atoms with van der Waals surface area (Å²) in [6.45, 7) is 8.19. The number of aliphatic hydroxyl groups excluding tert-OH is 1. The first-order valence-corrected chi connectivity index (χ1v) is 7.97. The molecular formula is C20H23NO3.